The number of nitrogens with one attached hydrogen (secondary N) is 2. The first-order valence-corrected chi connectivity index (χ1v) is 9.49. The molecule has 0 spiro atoms. The summed E-state index contributed by atoms with van der Waals surface area (Å²) in [6.07, 6.45) is 12.7. The Bertz CT molecular complexity index is 1480. The van der Waals surface area contributed by atoms with E-state index in [2.05, 4.69) is 47.2 Å². The van der Waals surface area contributed by atoms with Gasteiger partial charge >= 0.3 is 0 Å². The number of fused-ring (bicyclic) bond motifs is 2. The molecule has 0 saturated carbocycles. The Hall–Kier alpha value is -4.39. The lowest BCUT2D eigenvalue weighted by Crippen LogP contribution is -1.83. The van der Waals surface area contributed by atoms with E-state index in [9.17, 15) is 0 Å². The third kappa shape index (κ3) is 2.64. The topological polar surface area (TPSA) is 96.0 Å². The molecule has 0 aliphatic heterocycles. The number of aromatic amines is 2. The van der Waals surface area contributed by atoms with E-state index in [1.165, 1.54) is 0 Å². The van der Waals surface area contributed by atoms with E-state index < -0.39 is 0 Å². The summed E-state index contributed by atoms with van der Waals surface area (Å²) >= 11 is 0. The summed E-state index contributed by atoms with van der Waals surface area (Å²) < 4.78 is 0. The minimum Gasteiger partial charge on any atom is -0.352 e. The van der Waals surface area contributed by atoms with Crippen LogP contribution in [-0.2, 0) is 0 Å². The quantitative estimate of drug-likeness (QED) is 0.460. The lowest BCUT2D eigenvalue weighted by Gasteiger charge is -2.01. The van der Waals surface area contributed by atoms with Gasteiger partial charge in [-0.25, -0.2) is 4.98 Å². The fourth-order valence-corrected chi connectivity index (χ4v) is 3.73. The maximum Gasteiger partial charge on any atom is 0.181 e. The molecule has 0 aliphatic rings. The molecule has 2 N–H and O–H groups in total. The minimum atomic E-state index is 0.668. The molecule has 0 aromatic carbocycles. The second-order valence-electron chi connectivity index (χ2n) is 7.01. The van der Waals surface area contributed by atoms with Crippen molar-refractivity contribution in [2.24, 2.45) is 0 Å². The van der Waals surface area contributed by atoms with Crippen molar-refractivity contribution in [3.63, 3.8) is 0 Å². The van der Waals surface area contributed by atoms with E-state index in [-0.39, 0.29) is 0 Å². The van der Waals surface area contributed by atoms with Crippen molar-refractivity contribution in [1.29, 1.82) is 0 Å². The summed E-state index contributed by atoms with van der Waals surface area (Å²) in [6.45, 7) is 0. The van der Waals surface area contributed by atoms with Crippen LogP contribution in [0.1, 0.15) is 0 Å². The molecule has 30 heavy (non-hydrogen) atoms. The molecule has 0 aliphatic carbocycles. The van der Waals surface area contributed by atoms with E-state index in [1.54, 1.807) is 12.4 Å². The van der Waals surface area contributed by atoms with Gasteiger partial charge in [0, 0.05) is 70.2 Å². The van der Waals surface area contributed by atoms with E-state index in [1.807, 2.05) is 55.2 Å². The second-order valence-corrected chi connectivity index (χ2v) is 7.01. The number of nitrogens with zero attached hydrogens (tertiary/aromatic N) is 5. The van der Waals surface area contributed by atoms with Crippen LogP contribution >= 0.6 is 0 Å². The maximum absolute atomic E-state index is 4.52. The van der Waals surface area contributed by atoms with Gasteiger partial charge in [0.15, 0.2) is 5.65 Å². The molecule has 6 aromatic rings. The summed E-state index contributed by atoms with van der Waals surface area (Å²) in [5.74, 6) is 0. The minimum absolute atomic E-state index is 0.668. The number of H-pyrrole nitrogens is 2. The zero-order chi connectivity index (χ0) is 19.9. The van der Waals surface area contributed by atoms with Gasteiger partial charge in [0.1, 0.15) is 0 Å². The van der Waals surface area contributed by atoms with Gasteiger partial charge in [-0.3, -0.25) is 20.1 Å². The zero-order valence-electron chi connectivity index (χ0n) is 15.7. The molecule has 0 unspecified atom stereocenters. The predicted molar refractivity (Wildman–Crippen MR) is 115 cm³/mol. The first-order valence-electron chi connectivity index (χ1n) is 9.49. The largest absolute Gasteiger partial charge is 0.352 e. The van der Waals surface area contributed by atoms with Gasteiger partial charge in [-0.1, -0.05) is 12.1 Å². The van der Waals surface area contributed by atoms with Gasteiger partial charge < -0.3 is 4.98 Å². The summed E-state index contributed by atoms with van der Waals surface area (Å²) in [4.78, 5) is 20.8. The van der Waals surface area contributed by atoms with E-state index in [0.717, 1.165) is 49.9 Å². The molecule has 6 rings (SSSR count). The molecular formula is C23H15N7. The van der Waals surface area contributed by atoms with Crippen molar-refractivity contribution in [2.75, 3.05) is 0 Å². The molecule has 7 nitrogen and oxygen atoms in total. The van der Waals surface area contributed by atoms with Crippen molar-refractivity contribution in [2.45, 2.75) is 0 Å². The van der Waals surface area contributed by atoms with Crippen LogP contribution in [0.25, 0.3) is 55.6 Å². The summed E-state index contributed by atoms with van der Waals surface area (Å²) in [7, 11) is 0. The fraction of sp³-hybridized carbons (Fsp3) is 0. The Labute approximate surface area is 170 Å². The Morgan fingerprint density at radius 2 is 1.53 bits per heavy atom. The number of pyridine rings is 4. The van der Waals surface area contributed by atoms with Crippen LogP contribution in [0.2, 0.25) is 0 Å². The van der Waals surface area contributed by atoms with Crippen LogP contribution in [0, 0.1) is 0 Å². The number of aromatic nitrogens is 7. The second kappa shape index (κ2) is 6.59. The van der Waals surface area contributed by atoms with Crippen molar-refractivity contribution < 1.29 is 0 Å². The van der Waals surface area contributed by atoms with Crippen LogP contribution in [0.4, 0.5) is 0 Å². The van der Waals surface area contributed by atoms with Gasteiger partial charge in [0.05, 0.1) is 23.1 Å². The monoisotopic (exact) mass is 389 g/mol. The lowest BCUT2D eigenvalue weighted by atomic mass is 10.1. The first kappa shape index (κ1) is 16.6. The van der Waals surface area contributed by atoms with Gasteiger partial charge in [-0.15, -0.1) is 0 Å². The predicted octanol–water partition coefficient (Wildman–Crippen LogP) is 4.63. The molecule has 0 saturated heterocycles. The highest BCUT2D eigenvalue weighted by Crippen LogP contribution is 2.33. The Morgan fingerprint density at radius 1 is 0.700 bits per heavy atom. The highest BCUT2D eigenvalue weighted by molar-refractivity contribution is 6.00. The molecule has 6 heterocycles. The molecule has 7 heteroatoms. The first-order chi connectivity index (χ1) is 14.9. The fourth-order valence-electron chi connectivity index (χ4n) is 3.73. The lowest BCUT2D eigenvalue weighted by molar-refractivity contribution is 1.10. The molecule has 142 valence electrons. The van der Waals surface area contributed by atoms with Gasteiger partial charge in [0.2, 0.25) is 0 Å². The van der Waals surface area contributed by atoms with E-state index >= 15 is 0 Å². The van der Waals surface area contributed by atoms with Gasteiger partial charge in [-0.05, 0) is 24.3 Å². The molecular weight excluding hydrogens is 374 g/mol. The maximum atomic E-state index is 4.52. The third-order valence-corrected chi connectivity index (χ3v) is 5.19. The molecule has 6 aromatic heterocycles. The Kier molecular flexibility index (Phi) is 3.64. The van der Waals surface area contributed by atoms with Crippen molar-refractivity contribution in [3.8, 4) is 33.6 Å². The molecule has 0 bridgehead atoms. The van der Waals surface area contributed by atoms with Crippen LogP contribution in [0.3, 0.4) is 0 Å². The average Bonchev–Trinajstić information content (AvgIpc) is 3.43. The van der Waals surface area contributed by atoms with Gasteiger partial charge in [0.25, 0.3) is 0 Å². The molecule has 0 radical (unpaired) electrons. The molecule has 0 atom stereocenters. The number of hydrogen-bond donors (Lipinski definition) is 2. The highest BCUT2D eigenvalue weighted by Gasteiger charge is 2.15. The van der Waals surface area contributed by atoms with Crippen molar-refractivity contribution in [1.82, 2.24) is 35.1 Å². The van der Waals surface area contributed by atoms with Crippen LogP contribution in [0.15, 0.2) is 79.8 Å². The molecule has 0 amide bonds. The summed E-state index contributed by atoms with van der Waals surface area (Å²) in [5, 5.41) is 9.54. The number of hydrogen-bond acceptors (Lipinski definition) is 5. The van der Waals surface area contributed by atoms with Crippen LogP contribution in [0.5, 0.6) is 0 Å². The van der Waals surface area contributed by atoms with Crippen molar-refractivity contribution in [3.05, 3.63) is 79.8 Å². The number of rotatable bonds is 3. The van der Waals surface area contributed by atoms with Crippen LogP contribution in [-0.4, -0.2) is 35.1 Å². The standard InChI is InChI=1S/C23H15N7/c1-3-14(9-24-5-1)16-7-18-22(29-30-23(18)27-11-16)20-8-17-19(12-26-13-21(17)28-20)15-4-2-6-25-10-15/h1-13,28H,(H,27,29,30). The van der Waals surface area contributed by atoms with Gasteiger partial charge in [-0.2, -0.15) is 5.10 Å². The third-order valence-electron chi connectivity index (χ3n) is 5.19. The van der Waals surface area contributed by atoms with E-state index in [0.29, 0.717) is 5.65 Å². The average molecular weight is 389 g/mol. The zero-order valence-corrected chi connectivity index (χ0v) is 15.7. The summed E-state index contributed by atoms with van der Waals surface area (Å²) in [5.41, 5.74) is 7.49. The van der Waals surface area contributed by atoms with E-state index in [4.69, 9.17) is 0 Å². The summed E-state index contributed by atoms with van der Waals surface area (Å²) in [6, 6.07) is 12.1. The molecule has 0 fully saturated rings. The Balaban J connectivity index is 1.52. The van der Waals surface area contributed by atoms with Crippen LogP contribution < -0.4 is 0 Å². The highest BCUT2D eigenvalue weighted by atomic mass is 15.2. The SMILES string of the molecule is c1cncc(-c2cnc3n[nH]c(-c4cc5c(-c6cccnc6)cncc5[nH]4)c3c2)c1. The van der Waals surface area contributed by atoms with Crippen molar-refractivity contribution >= 4 is 21.9 Å². The Morgan fingerprint density at radius 3 is 2.33 bits per heavy atom. The normalized spacial score (nSPS) is 11.3. The smallest absolute Gasteiger partial charge is 0.181 e.